The molecule has 1 saturated heterocycles. The molecule has 2 atom stereocenters. The van der Waals surface area contributed by atoms with Gasteiger partial charge >= 0.3 is 5.69 Å². The lowest BCUT2D eigenvalue weighted by Gasteiger charge is -2.35. The highest BCUT2D eigenvalue weighted by Gasteiger charge is 2.22. The Morgan fingerprint density at radius 1 is 1.19 bits per heavy atom. The first-order chi connectivity index (χ1) is 12.2. The van der Waals surface area contributed by atoms with Gasteiger partial charge in [0.05, 0.1) is 28.0 Å². The first-order valence-electron chi connectivity index (χ1n) is 8.38. The lowest BCUT2D eigenvalue weighted by molar-refractivity contribution is -0.0671. The molecule has 0 amide bonds. The average Bonchev–Trinajstić information content (AvgIpc) is 2.53. The fraction of sp³-hybridized carbons (Fsp3) is 0.500. The van der Waals surface area contributed by atoms with Gasteiger partial charge in [0, 0.05) is 26.2 Å². The number of hydrogen-bond acceptors (Lipinski definition) is 6. The molecule has 26 heavy (non-hydrogen) atoms. The van der Waals surface area contributed by atoms with E-state index in [0.717, 1.165) is 13.1 Å². The second-order valence-corrected chi connectivity index (χ2v) is 8.30. The third-order valence-electron chi connectivity index (χ3n) is 4.24. The van der Waals surface area contributed by atoms with Crippen molar-refractivity contribution in [2.75, 3.05) is 26.2 Å². The van der Waals surface area contributed by atoms with Crippen molar-refractivity contribution in [2.24, 2.45) is 0 Å². The number of fused-ring (bicyclic) bond motifs is 1. The van der Waals surface area contributed by atoms with Gasteiger partial charge in [-0.2, -0.15) is 0 Å². The predicted molar refractivity (Wildman–Crippen MR) is 96.8 cm³/mol. The topological polar surface area (TPSA) is 124 Å². The van der Waals surface area contributed by atoms with Crippen LogP contribution in [0.1, 0.15) is 13.8 Å². The summed E-state index contributed by atoms with van der Waals surface area (Å²) in [6.07, 6.45) is 0.231. The zero-order chi connectivity index (χ0) is 18.9. The Morgan fingerprint density at radius 2 is 1.88 bits per heavy atom. The Kier molecular flexibility index (Phi) is 5.28. The number of nitrogens with one attached hydrogen (secondary N) is 3. The minimum atomic E-state index is -3.76. The zero-order valence-electron chi connectivity index (χ0n) is 14.6. The number of ether oxygens (including phenoxy) is 1. The molecule has 0 bridgehead atoms. The van der Waals surface area contributed by atoms with Crippen molar-refractivity contribution in [3.05, 3.63) is 39.0 Å². The molecule has 0 spiro atoms. The molecule has 1 aromatic carbocycles. The highest BCUT2D eigenvalue weighted by atomic mass is 32.2. The molecular formula is C16H22N4O5S. The largest absolute Gasteiger partial charge is 0.373 e. The SMILES string of the molecule is CC1CN(CCNS(=O)(=O)c2ccc3[nH]c(=O)[nH]c(=O)c3c2)CC(C)O1. The van der Waals surface area contributed by atoms with Gasteiger partial charge in [-0.25, -0.2) is 17.9 Å². The maximum Gasteiger partial charge on any atom is 0.326 e. The molecule has 3 rings (SSSR count). The van der Waals surface area contributed by atoms with E-state index in [2.05, 4.69) is 19.6 Å². The standard InChI is InChI=1S/C16H22N4O5S/c1-10-8-20(9-11(2)25-10)6-5-17-26(23,24)12-3-4-14-13(7-12)15(21)19-16(22)18-14/h3-4,7,10-11,17H,5-6,8-9H2,1-2H3,(H2,18,19,21,22). The summed E-state index contributed by atoms with van der Waals surface area (Å²) in [6, 6.07) is 4.02. The molecule has 1 aliphatic heterocycles. The number of benzene rings is 1. The van der Waals surface area contributed by atoms with Gasteiger partial charge in [0.2, 0.25) is 10.0 Å². The molecule has 1 aromatic heterocycles. The number of hydrogen-bond donors (Lipinski definition) is 3. The number of H-pyrrole nitrogens is 2. The number of morpholine rings is 1. The van der Waals surface area contributed by atoms with Crippen LogP contribution in [0.5, 0.6) is 0 Å². The highest BCUT2D eigenvalue weighted by molar-refractivity contribution is 7.89. The highest BCUT2D eigenvalue weighted by Crippen LogP contribution is 2.14. The molecule has 0 radical (unpaired) electrons. The van der Waals surface area contributed by atoms with Crippen molar-refractivity contribution < 1.29 is 13.2 Å². The van der Waals surface area contributed by atoms with Crippen molar-refractivity contribution in [3.63, 3.8) is 0 Å². The van der Waals surface area contributed by atoms with Gasteiger partial charge in [-0.15, -0.1) is 0 Å². The first-order valence-corrected chi connectivity index (χ1v) is 9.87. The van der Waals surface area contributed by atoms with E-state index in [4.69, 9.17) is 4.74 Å². The van der Waals surface area contributed by atoms with Crippen LogP contribution >= 0.6 is 0 Å². The summed E-state index contributed by atoms with van der Waals surface area (Å²) in [5.41, 5.74) is -0.976. The number of nitrogens with zero attached hydrogens (tertiary/aromatic N) is 1. The van der Waals surface area contributed by atoms with Gasteiger partial charge in [0.1, 0.15) is 0 Å². The summed E-state index contributed by atoms with van der Waals surface area (Å²) in [4.78, 5) is 29.8. The number of aromatic amines is 2. The molecule has 2 heterocycles. The van der Waals surface area contributed by atoms with Crippen molar-refractivity contribution in [2.45, 2.75) is 31.0 Å². The van der Waals surface area contributed by atoms with Crippen LogP contribution in [0.4, 0.5) is 0 Å². The lowest BCUT2D eigenvalue weighted by atomic mass is 10.2. The monoisotopic (exact) mass is 382 g/mol. The Hall–Kier alpha value is -2.01. The Balaban J connectivity index is 1.71. The van der Waals surface area contributed by atoms with Crippen LogP contribution in [0.15, 0.2) is 32.7 Å². The van der Waals surface area contributed by atoms with Gasteiger partial charge in [0.15, 0.2) is 0 Å². The lowest BCUT2D eigenvalue weighted by Crippen LogP contribution is -2.47. The quantitative estimate of drug-likeness (QED) is 0.647. The Bertz CT molecular complexity index is 1000. The maximum atomic E-state index is 12.5. The second-order valence-electron chi connectivity index (χ2n) is 6.53. The van der Waals surface area contributed by atoms with Crippen LogP contribution in [-0.2, 0) is 14.8 Å². The van der Waals surface area contributed by atoms with Crippen molar-refractivity contribution in [1.29, 1.82) is 0 Å². The normalized spacial score (nSPS) is 21.9. The third-order valence-corrected chi connectivity index (χ3v) is 5.70. The van der Waals surface area contributed by atoms with E-state index in [1.807, 2.05) is 13.8 Å². The van der Waals surface area contributed by atoms with Crippen molar-refractivity contribution in [1.82, 2.24) is 19.6 Å². The summed E-state index contributed by atoms with van der Waals surface area (Å²) in [7, 11) is -3.76. The molecule has 0 saturated carbocycles. The van der Waals surface area contributed by atoms with Crippen LogP contribution in [0.25, 0.3) is 10.9 Å². The Labute approximate surface area is 150 Å². The molecule has 3 N–H and O–H groups in total. The van der Waals surface area contributed by atoms with Crippen LogP contribution < -0.4 is 16.0 Å². The summed E-state index contributed by atoms with van der Waals surface area (Å²) in [5.74, 6) is 0. The molecule has 2 aromatic rings. The second kappa shape index (κ2) is 7.31. The van der Waals surface area contributed by atoms with Crippen LogP contribution in [-0.4, -0.2) is 61.7 Å². The summed E-state index contributed by atoms with van der Waals surface area (Å²) < 4.78 is 33.2. The number of sulfonamides is 1. The van der Waals surface area contributed by atoms with E-state index < -0.39 is 21.3 Å². The average molecular weight is 382 g/mol. The molecule has 1 aliphatic rings. The molecule has 1 fully saturated rings. The zero-order valence-corrected chi connectivity index (χ0v) is 15.4. The molecule has 0 aliphatic carbocycles. The van der Waals surface area contributed by atoms with E-state index >= 15 is 0 Å². The molecule has 10 heteroatoms. The number of aromatic nitrogens is 2. The van der Waals surface area contributed by atoms with Crippen LogP contribution in [0.2, 0.25) is 0 Å². The minimum absolute atomic E-state index is 0.0220. The molecule has 9 nitrogen and oxygen atoms in total. The van der Waals surface area contributed by atoms with E-state index in [-0.39, 0.29) is 34.6 Å². The minimum Gasteiger partial charge on any atom is -0.373 e. The smallest absolute Gasteiger partial charge is 0.326 e. The number of rotatable bonds is 5. The summed E-state index contributed by atoms with van der Waals surface area (Å²) in [5, 5.41) is 0.114. The van der Waals surface area contributed by atoms with Gasteiger partial charge in [0.25, 0.3) is 5.56 Å². The van der Waals surface area contributed by atoms with E-state index in [1.54, 1.807) is 0 Å². The predicted octanol–water partition coefficient (Wildman–Crippen LogP) is -0.396. The molecular weight excluding hydrogens is 360 g/mol. The molecule has 142 valence electrons. The first kappa shape index (κ1) is 18.8. The van der Waals surface area contributed by atoms with E-state index in [0.29, 0.717) is 6.54 Å². The van der Waals surface area contributed by atoms with Gasteiger partial charge in [-0.1, -0.05) is 0 Å². The van der Waals surface area contributed by atoms with Gasteiger partial charge in [-0.3, -0.25) is 14.7 Å². The van der Waals surface area contributed by atoms with Crippen LogP contribution in [0, 0.1) is 0 Å². The molecule has 2 unspecified atom stereocenters. The third kappa shape index (κ3) is 4.21. The van der Waals surface area contributed by atoms with E-state index in [9.17, 15) is 18.0 Å². The van der Waals surface area contributed by atoms with Crippen molar-refractivity contribution >= 4 is 20.9 Å². The fourth-order valence-corrected chi connectivity index (χ4v) is 4.25. The Morgan fingerprint density at radius 3 is 2.58 bits per heavy atom. The van der Waals surface area contributed by atoms with Crippen LogP contribution in [0.3, 0.4) is 0 Å². The fourth-order valence-electron chi connectivity index (χ4n) is 3.20. The maximum absolute atomic E-state index is 12.5. The van der Waals surface area contributed by atoms with Crippen molar-refractivity contribution in [3.8, 4) is 0 Å². The van der Waals surface area contributed by atoms with Gasteiger partial charge in [-0.05, 0) is 32.0 Å². The summed E-state index contributed by atoms with van der Waals surface area (Å²) >= 11 is 0. The van der Waals surface area contributed by atoms with Gasteiger partial charge < -0.3 is 9.72 Å². The summed E-state index contributed by atoms with van der Waals surface area (Å²) in [6.45, 7) is 6.31. The van der Waals surface area contributed by atoms with E-state index in [1.165, 1.54) is 18.2 Å².